The van der Waals surface area contributed by atoms with Crippen molar-refractivity contribution in [1.29, 1.82) is 0 Å². The van der Waals surface area contributed by atoms with Crippen molar-refractivity contribution in [2.45, 2.75) is 97.4 Å². The summed E-state index contributed by atoms with van der Waals surface area (Å²) >= 11 is 0. The standard InChI is InChI=1S/C20H39N/c1-4-8-16(3)14-20(21-13-5-2)19-12-11-17-9-6-7-10-18(17)15-19/h16-21H,4-15H2,1-3H3. The monoisotopic (exact) mass is 293 g/mol. The number of rotatable bonds is 8. The Bertz CT molecular complexity index is 275. The van der Waals surface area contributed by atoms with Gasteiger partial charge in [-0.1, -0.05) is 59.3 Å². The summed E-state index contributed by atoms with van der Waals surface area (Å²) in [5, 5.41) is 3.92. The van der Waals surface area contributed by atoms with E-state index in [2.05, 4.69) is 26.1 Å². The minimum atomic E-state index is 0.800. The first kappa shape index (κ1) is 17.3. The van der Waals surface area contributed by atoms with E-state index >= 15 is 0 Å². The smallest absolute Gasteiger partial charge is 0.00979 e. The molecule has 1 N–H and O–H groups in total. The van der Waals surface area contributed by atoms with Gasteiger partial charge in [-0.2, -0.15) is 0 Å². The molecule has 5 unspecified atom stereocenters. The maximum atomic E-state index is 3.92. The summed E-state index contributed by atoms with van der Waals surface area (Å²) in [6.07, 6.45) is 16.1. The molecule has 0 bridgehead atoms. The van der Waals surface area contributed by atoms with Crippen LogP contribution in [0.15, 0.2) is 0 Å². The van der Waals surface area contributed by atoms with Crippen LogP contribution in [-0.4, -0.2) is 12.6 Å². The Morgan fingerprint density at radius 2 is 1.71 bits per heavy atom. The molecule has 2 rings (SSSR count). The molecule has 0 saturated heterocycles. The van der Waals surface area contributed by atoms with E-state index in [1.807, 2.05) is 0 Å². The maximum absolute atomic E-state index is 3.92. The zero-order valence-electron chi connectivity index (χ0n) is 14.9. The predicted octanol–water partition coefficient (Wildman–Crippen LogP) is 5.79. The van der Waals surface area contributed by atoms with Gasteiger partial charge in [0.15, 0.2) is 0 Å². The molecule has 1 heteroatoms. The number of hydrogen-bond donors (Lipinski definition) is 1. The Balaban J connectivity index is 1.89. The van der Waals surface area contributed by atoms with E-state index in [0.717, 1.165) is 29.7 Å². The van der Waals surface area contributed by atoms with Gasteiger partial charge in [0.1, 0.15) is 0 Å². The van der Waals surface area contributed by atoms with E-state index in [9.17, 15) is 0 Å². The van der Waals surface area contributed by atoms with Gasteiger partial charge in [0.25, 0.3) is 0 Å². The third kappa shape index (κ3) is 5.27. The van der Waals surface area contributed by atoms with Crippen molar-refractivity contribution in [3.8, 4) is 0 Å². The zero-order valence-corrected chi connectivity index (χ0v) is 14.9. The maximum Gasteiger partial charge on any atom is 0.00979 e. The molecule has 2 aliphatic rings. The van der Waals surface area contributed by atoms with Crippen molar-refractivity contribution in [1.82, 2.24) is 5.32 Å². The molecule has 0 aliphatic heterocycles. The largest absolute Gasteiger partial charge is 0.314 e. The summed E-state index contributed by atoms with van der Waals surface area (Å²) in [6.45, 7) is 8.32. The molecule has 2 saturated carbocycles. The van der Waals surface area contributed by atoms with Gasteiger partial charge in [0.05, 0.1) is 0 Å². The van der Waals surface area contributed by atoms with Crippen molar-refractivity contribution in [3.63, 3.8) is 0 Å². The SMILES string of the molecule is CCCNC(CC(C)CCC)C1CCC2CCCCC2C1. The van der Waals surface area contributed by atoms with E-state index < -0.39 is 0 Å². The van der Waals surface area contributed by atoms with E-state index in [1.54, 1.807) is 0 Å². The average Bonchev–Trinajstić information content (AvgIpc) is 2.51. The van der Waals surface area contributed by atoms with Crippen molar-refractivity contribution in [2.75, 3.05) is 6.54 Å². The molecular weight excluding hydrogens is 254 g/mol. The second-order valence-corrected chi connectivity index (χ2v) is 8.07. The number of nitrogens with one attached hydrogen (secondary N) is 1. The molecule has 1 nitrogen and oxygen atoms in total. The fourth-order valence-electron chi connectivity index (χ4n) is 5.09. The molecule has 0 heterocycles. The Morgan fingerprint density at radius 3 is 2.43 bits per heavy atom. The fourth-order valence-corrected chi connectivity index (χ4v) is 5.09. The third-order valence-electron chi connectivity index (χ3n) is 6.24. The van der Waals surface area contributed by atoms with Crippen molar-refractivity contribution >= 4 is 0 Å². The molecule has 5 atom stereocenters. The van der Waals surface area contributed by atoms with Crippen LogP contribution in [-0.2, 0) is 0 Å². The third-order valence-corrected chi connectivity index (χ3v) is 6.24. The van der Waals surface area contributed by atoms with Crippen LogP contribution in [0, 0.1) is 23.7 Å². The van der Waals surface area contributed by atoms with Gasteiger partial charge in [-0.05, 0) is 62.3 Å². The van der Waals surface area contributed by atoms with Crippen LogP contribution in [0.5, 0.6) is 0 Å². The van der Waals surface area contributed by atoms with E-state index in [0.29, 0.717) is 0 Å². The lowest BCUT2D eigenvalue weighted by atomic mass is 9.65. The average molecular weight is 294 g/mol. The molecule has 2 fully saturated rings. The lowest BCUT2D eigenvalue weighted by molar-refractivity contribution is 0.103. The topological polar surface area (TPSA) is 12.0 Å². The quantitative estimate of drug-likeness (QED) is 0.597. The van der Waals surface area contributed by atoms with E-state index in [-0.39, 0.29) is 0 Å². The first-order valence-corrected chi connectivity index (χ1v) is 9.97. The van der Waals surface area contributed by atoms with Crippen LogP contribution in [0.1, 0.15) is 91.4 Å². The van der Waals surface area contributed by atoms with Gasteiger partial charge in [-0.25, -0.2) is 0 Å². The van der Waals surface area contributed by atoms with Gasteiger partial charge < -0.3 is 5.32 Å². The predicted molar refractivity (Wildman–Crippen MR) is 93.6 cm³/mol. The van der Waals surface area contributed by atoms with Crippen LogP contribution < -0.4 is 5.32 Å². The summed E-state index contributed by atoms with van der Waals surface area (Å²) in [5.74, 6) is 4.03. The summed E-state index contributed by atoms with van der Waals surface area (Å²) in [6, 6.07) is 0.800. The van der Waals surface area contributed by atoms with Gasteiger partial charge in [-0.3, -0.25) is 0 Å². The first-order valence-electron chi connectivity index (χ1n) is 9.97. The van der Waals surface area contributed by atoms with Crippen LogP contribution in [0.3, 0.4) is 0 Å². The molecule has 21 heavy (non-hydrogen) atoms. The normalized spacial score (nSPS) is 32.4. The summed E-state index contributed by atoms with van der Waals surface area (Å²) < 4.78 is 0. The number of hydrogen-bond acceptors (Lipinski definition) is 1. The van der Waals surface area contributed by atoms with Crippen molar-refractivity contribution in [2.24, 2.45) is 23.7 Å². The van der Waals surface area contributed by atoms with Crippen molar-refractivity contribution < 1.29 is 0 Å². The summed E-state index contributed by atoms with van der Waals surface area (Å²) in [7, 11) is 0. The van der Waals surface area contributed by atoms with Gasteiger partial charge in [0, 0.05) is 6.04 Å². The van der Waals surface area contributed by atoms with Gasteiger partial charge >= 0.3 is 0 Å². The molecule has 0 aromatic rings. The highest BCUT2D eigenvalue weighted by Crippen LogP contribution is 2.44. The minimum Gasteiger partial charge on any atom is -0.314 e. The summed E-state index contributed by atoms with van der Waals surface area (Å²) in [5.41, 5.74) is 0. The molecule has 0 spiro atoms. The molecule has 0 aromatic heterocycles. The highest BCUT2D eigenvalue weighted by molar-refractivity contribution is 4.88. The van der Waals surface area contributed by atoms with E-state index in [4.69, 9.17) is 0 Å². The lowest BCUT2D eigenvalue weighted by Crippen LogP contribution is -2.42. The van der Waals surface area contributed by atoms with Crippen LogP contribution in [0.2, 0.25) is 0 Å². The van der Waals surface area contributed by atoms with Gasteiger partial charge in [0.2, 0.25) is 0 Å². The van der Waals surface area contributed by atoms with Crippen molar-refractivity contribution in [3.05, 3.63) is 0 Å². The Morgan fingerprint density at radius 1 is 0.952 bits per heavy atom. The van der Waals surface area contributed by atoms with E-state index in [1.165, 1.54) is 77.2 Å². The molecule has 0 radical (unpaired) electrons. The van der Waals surface area contributed by atoms with Crippen LogP contribution in [0.25, 0.3) is 0 Å². The van der Waals surface area contributed by atoms with Crippen LogP contribution >= 0.6 is 0 Å². The molecule has 2 aliphatic carbocycles. The van der Waals surface area contributed by atoms with Crippen LogP contribution in [0.4, 0.5) is 0 Å². The molecule has 0 aromatic carbocycles. The molecular formula is C20H39N. The fraction of sp³-hybridized carbons (Fsp3) is 1.00. The minimum absolute atomic E-state index is 0.800. The summed E-state index contributed by atoms with van der Waals surface area (Å²) in [4.78, 5) is 0. The Kier molecular flexibility index (Phi) is 7.57. The molecule has 0 amide bonds. The second kappa shape index (κ2) is 9.18. The highest BCUT2D eigenvalue weighted by Gasteiger charge is 2.35. The lowest BCUT2D eigenvalue weighted by Gasteiger charge is -2.42. The Labute approximate surface area is 133 Å². The first-order chi connectivity index (χ1) is 10.2. The Hall–Kier alpha value is -0.0400. The zero-order chi connectivity index (χ0) is 15.1. The second-order valence-electron chi connectivity index (χ2n) is 8.07. The highest BCUT2D eigenvalue weighted by atomic mass is 14.9. The number of fused-ring (bicyclic) bond motifs is 1. The van der Waals surface area contributed by atoms with Gasteiger partial charge in [-0.15, -0.1) is 0 Å². The molecule has 124 valence electrons.